The van der Waals surface area contributed by atoms with E-state index in [1.54, 1.807) is 6.07 Å². The molecule has 1 aliphatic heterocycles. The van der Waals surface area contributed by atoms with Crippen molar-refractivity contribution >= 4 is 11.4 Å². The van der Waals surface area contributed by atoms with E-state index in [9.17, 15) is 10.1 Å². The van der Waals surface area contributed by atoms with Gasteiger partial charge in [0.05, 0.1) is 4.92 Å². The molecule has 1 saturated carbocycles. The molecule has 0 amide bonds. The second-order valence-electron chi connectivity index (χ2n) is 6.75. The van der Waals surface area contributed by atoms with Gasteiger partial charge in [-0.3, -0.25) is 10.1 Å². The molecule has 7 nitrogen and oxygen atoms in total. The van der Waals surface area contributed by atoms with Crippen molar-refractivity contribution in [1.82, 2.24) is 5.32 Å². The highest BCUT2D eigenvalue weighted by molar-refractivity contribution is 5.59. The molecule has 0 radical (unpaired) electrons. The van der Waals surface area contributed by atoms with Gasteiger partial charge in [0.1, 0.15) is 18.9 Å². The van der Waals surface area contributed by atoms with E-state index in [0.29, 0.717) is 25.7 Å². The number of hydrogen-bond donors (Lipinski definition) is 2. The molecule has 136 valence electrons. The Balaban J connectivity index is 1.52. The predicted molar refractivity (Wildman–Crippen MR) is 97.2 cm³/mol. The fourth-order valence-corrected chi connectivity index (χ4v) is 3.32. The van der Waals surface area contributed by atoms with Crippen molar-refractivity contribution in [3.05, 3.63) is 57.6 Å². The normalized spacial score (nSPS) is 16.9. The van der Waals surface area contributed by atoms with E-state index in [0.717, 1.165) is 22.6 Å². The summed E-state index contributed by atoms with van der Waals surface area (Å²) in [6.07, 6.45) is 2.35. The molecule has 7 heteroatoms. The summed E-state index contributed by atoms with van der Waals surface area (Å²) < 4.78 is 11.3. The fourth-order valence-electron chi connectivity index (χ4n) is 3.32. The van der Waals surface area contributed by atoms with Crippen molar-refractivity contribution < 1.29 is 14.4 Å². The van der Waals surface area contributed by atoms with E-state index in [-0.39, 0.29) is 17.4 Å². The van der Waals surface area contributed by atoms with Gasteiger partial charge in [-0.1, -0.05) is 12.1 Å². The Morgan fingerprint density at radius 3 is 2.65 bits per heavy atom. The summed E-state index contributed by atoms with van der Waals surface area (Å²) in [6, 6.07) is 11.2. The summed E-state index contributed by atoms with van der Waals surface area (Å²) in [5, 5.41) is 14.6. The summed E-state index contributed by atoms with van der Waals surface area (Å²) in [7, 11) is 0. The number of nitrogens with two attached hydrogens (primary N) is 1. The lowest BCUT2D eigenvalue weighted by Gasteiger charge is -2.23. The van der Waals surface area contributed by atoms with Crippen LogP contribution < -0.4 is 20.5 Å². The third kappa shape index (κ3) is 3.43. The minimum atomic E-state index is -0.446. The Morgan fingerprint density at radius 1 is 1.15 bits per heavy atom. The first-order chi connectivity index (χ1) is 12.6. The molecule has 0 spiro atoms. The van der Waals surface area contributed by atoms with Gasteiger partial charge in [0.25, 0.3) is 5.69 Å². The van der Waals surface area contributed by atoms with E-state index >= 15 is 0 Å². The topological polar surface area (TPSA) is 99.7 Å². The Bertz CT molecular complexity index is 836. The quantitative estimate of drug-likeness (QED) is 0.469. The lowest BCUT2D eigenvalue weighted by atomic mass is 10.0. The number of nitro groups is 1. The maximum atomic E-state index is 11.1. The Morgan fingerprint density at radius 2 is 1.92 bits per heavy atom. The maximum absolute atomic E-state index is 11.1. The van der Waals surface area contributed by atoms with E-state index in [1.807, 2.05) is 18.2 Å². The van der Waals surface area contributed by atoms with Crippen molar-refractivity contribution in [3.8, 4) is 11.5 Å². The van der Waals surface area contributed by atoms with E-state index in [2.05, 4.69) is 11.4 Å². The van der Waals surface area contributed by atoms with Gasteiger partial charge < -0.3 is 20.5 Å². The maximum Gasteiger partial charge on any atom is 0.292 e. The average molecular weight is 355 g/mol. The molecule has 3 N–H and O–H groups in total. The molecule has 1 atom stereocenters. The van der Waals surface area contributed by atoms with E-state index < -0.39 is 4.92 Å². The first-order valence-corrected chi connectivity index (χ1v) is 8.77. The first-order valence-electron chi connectivity index (χ1n) is 8.77. The number of benzene rings is 2. The number of hydrogen-bond acceptors (Lipinski definition) is 6. The second kappa shape index (κ2) is 6.84. The van der Waals surface area contributed by atoms with Gasteiger partial charge in [-0.25, -0.2) is 0 Å². The smallest absolute Gasteiger partial charge is 0.292 e. The molecule has 1 aliphatic carbocycles. The Hall–Kier alpha value is -2.80. The van der Waals surface area contributed by atoms with Crippen molar-refractivity contribution in [1.29, 1.82) is 0 Å². The van der Waals surface area contributed by atoms with Crippen LogP contribution in [0.5, 0.6) is 11.5 Å². The van der Waals surface area contributed by atoms with Gasteiger partial charge in [-0.2, -0.15) is 0 Å². The molecular formula is C19H21N3O4. The lowest BCUT2D eigenvalue weighted by Crippen LogP contribution is -2.23. The SMILES string of the molecule is Nc1ccc(CN[C@@H](c2ccc3c(c2)OCCO3)C2CC2)cc1[N+](=O)[O-]. The van der Waals surface area contributed by atoms with Crippen LogP contribution in [0.25, 0.3) is 0 Å². The molecule has 1 heterocycles. The van der Waals surface area contributed by atoms with Gasteiger partial charge in [0.2, 0.25) is 0 Å². The molecule has 1 fully saturated rings. The van der Waals surface area contributed by atoms with Gasteiger partial charge in [0, 0.05) is 18.7 Å². The Labute approximate surface area is 151 Å². The minimum absolute atomic E-state index is 0.0494. The third-order valence-corrected chi connectivity index (χ3v) is 4.84. The van der Waals surface area contributed by atoms with E-state index in [1.165, 1.54) is 18.9 Å². The third-order valence-electron chi connectivity index (χ3n) is 4.84. The highest BCUT2D eigenvalue weighted by atomic mass is 16.6. The number of ether oxygens (including phenoxy) is 2. The molecule has 2 aliphatic rings. The number of fused-ring (bicyclic) bond motifs is 1. The highest BCUT2D eigenvalue weighted by Gasteiger charge is 2.32. The highest BCUT2D eigenvalue weighted by Crippen LogP contribution is 2.43. The van der Waals surface area contributed by atoms with Crippen LogP contribution >= 0.6 is 0 Å². The summed E-state index contributed by atoms with van der Waals surface area (Å²) in [5.41, 5.74) is 7.80. The van der Waals surface area contributed by atoms with E-state index in [4.69, 9.17) is 15.2 Å². The zero-order valence-electron chi connectivity index (χ0n) is 14.3. The average Bonchev–Trinajstić information content (AvgIpc) is 3.48. The molecule has 2 aromatic carbocycles. The molecule has 26 heavy (non-hydrogen) atoms. The number of anilines is 1. The van der Waals surface area contributed by atoms with Crippen LogP contribution in [-0.4, -0.2) is 18.1 Å². The van der Waals surface area contributed by atoms with Crippen LogP contribution in [-0.2, 0) is 6.54 Å². The van der Waals surface area contributed by atoms with Gasteiger partial charge in [-0.15, -0.1) is 0 Å². The standard InChI is InChI=1S/C19H21N3O4/c20-15-5-1-12(9-16(15)22(23)24)11-21-19(13-2-3-13)14-4-6-17-18(10-14)26-8-7-25-17/h1,4-6,9-10,13,19,21H,2-3,7-8,11,20H2/t19-/m1/s1. The number of nitrogens with one attached hydrogen (secondary N) is 1. The zero-order valence-corrected chi connectivity index (χ0v) is 14.3. The van der Waals surface area contributed by atoms with Crippen LogP contribution in [0.4, 0.5) is 11.4 Å². The summed E-state index contributed by atoms with van der Waals surface area (Å²) >= 11 is 0. The number of rotatable bonds is 6. The number of nitro benzene ring substituents is 1. The molecule has 2 aromatic rings. The largest absolute Gasteiger partial charge is 0.486 e. The minimum Gasteiger partial charge on any atom is -0.486 e. The van der Waals surface area contributed by atoms with Crippen LogP contribution in [0.3, 0.4) is 0 Å². The van der Waals surface area contributed by atoms with Crippen molar-refractivity contribution in [2.45, 2.75) is 25.4 Å². The summed E-state index contributed by atoms with van der Waals surface area (Å²) in [5.74, 6) is 2.13. The van der Waals surface area contributed by atoms with Crippen LogP contribution in [0.2, 0.25) is 0 Å². The summed E-state index contributed by atoms with van der Waals surface area (Å²) in [4.78, 5) is 10.6. The van der Waals surface area contributed by atoms with Crippen molar-refractivity contribution in [2.75, 3.05) is 18.9 Å². The van der Waals surface area contributed by atoms with Gasteiger partial charge in [-0.05, 0) is 48.1 Å². The monoisotopic (exact) mass is 355 g/mol. The van der Waals surface area contributed by atoms with Crippen molar-refractivity contribution in [3.63, 3.8) is 0 Å². The van der Waals surface area contributed by atoms with Gasteiger partial charge in [0.15, 0.2) is 11.5 Å². The zero-order chi connectivity index (χ0) is 18.1. The molecular weight excluding hydrogens is 334 g/mol. The second-order valence-corrected chi connectivity index (χ2v) is 6.75. The summed E-state index contributed by atoms with van der Waals surface area (Å²) in [6.45, 7) is 1.68. The van der Waals surface area contributed by atoms with Gasteiger partial charge >= 0.3 is 0 Å². The Kier molecular flexibility index (Phi) is 4.38. The number of nitrogen functional groups attached to an aromatic ring is 1. The van der Waals surface area contributed by atoms with Crippen molar-refractivity contribution in [2.24, 2.45) is 5.92 Å². The molecule has 0 unspecified atom stereocenters. The van der Waals surface area contributed by atoms with Crippen LogP contribution in [0, 0.1) is 16.0 Å². The number of nitrogens with zero attached hydrogens (tertiary/aromatic N) is 1. The molecule has 0 saturated heterocycles. The van der Waals surface area contributed by atoms with Crippen LogP contribution in [0.15, 0.2) is 36.4 Å². The molecule has 0 aromatic heterocycles. The first kappa shape index (κ1) is 16.7. The lowest BCUT2D eigenvalue weighted by molar-refractivity contribution is -0.384. The fraction of sp³-hybridized carbons (Fsp3) is 0.368. The predicted octanol–water partition coefficient (Wildman–Crippen LogP) is 3.19. The van der Waals surface area contributed by atoms with Crippen LogP contribution in [0.1, 0.15) is 30.0 Å². The molecule has 0 bridgehead atoms. The molecule has 4 rings (SSSR count).